The zero-order chi connectivity index (χ0) is 18.1. The monoisotopic (exact) mass is 369 g/mol. The van der Waals surface area contributed by atoms with Crippen molar-refractivity contribution in [1.29, 1.82) is 0 Å². The third kappa shape index (κ3) is 2.82. The van der Waals surface area contributed by atoms with Crippen molar-refractivity contribution in [2.45, 2.75) is 6.92 Å². The molecule has 0 radical (unpaired) electrons. The number of hydrogen-bond donors (Lipinski definition) is 0. The minimum absolute atomic E-state index is 0.147. The average molecular weight is 370 g/mol. The minimum atomic E-state index is -0.147. The van der Waals surface area contributed by atoms with Crippen LogP contribution in [-0.2, 0) is 4.79 Å². The largest absolute Gasteiger partial charge is 0.486 e. The first-order valence-electron chi connectivity index (χ1n) is 8.30. The van der Waals surface area contributed by atoms with Crippen molar-refractivity contribution in [2.24, 2.45) is 10.2 Å². The van der Waals surface area contributed by atoms with Gasteiger partial charge in [0.1, 0.15) is 13.2 Å². The van der Waals surface area contributed by atoms with Crippen molar-refractivity contribution in [2.75, 3.05) is 24.7 Å². The second-order valence-electron chi connectivity index (χ2n) is 5.79. The Labute approximate surface area is 155 Å². The van der Waals surface area contributed by atoms with Gasteiger partial charge >= 0.3 is 0 Å². The maximum atomic E-state index is 12.5. The second-order valence-corrected chi connectivity index (χ2v) is 6.19. The van der Waals surface area contributed by atoms with Gasteiger partial charge in [0.05, 0.1) is 16.9 Å². The Hall–Kier alpha value is -2.86. The number of halogens is 1. The number of rotatable bonds is 3. The topological polar surface area (TPSA) is 63.5 Å². The number of fused-ring (bicyclic) bond motifs is 2. The first-order valence-corrected chi connectivity index (χ1v) is 8.68. The zero-order valence-electron chi connectivity index (χ0n) is 14.1. The number of para-hydroxylation sites is 1. The molecule has 2 aromatic rings. The van der Waals surface area contributed by atoms with Crippen LogP contribution >= 0.6 is 11.6 Å². The van der Waals surface area contributed by atoms with E-state index in [2.05, 4.69) is 10.2 Å². The molecule has 0 saturated carbocycles. The van der Waals surface area contributed by atoms with Crippen molar-refractivity contribution in [3.63, 3.8) is 0 Å². The molecule has 1 amide bonds. The number of anilines is 1. The normalized spacial score (nSPS) is 17.2. The van der Waals surface area contributed by atoms with Gasteiger partial charge in [-0.25, -0.2) is 0 Å². The van der Waals surface area contributed by atoms with Gasteiger partial charge in [-0.05, 0) is 25.1 Å². The summed E-state index contributed by atoms with van der Waals surface area (Å²) in [5.41, 5.74) is 2.70. The highest BCUT2D eigenvalue weighted by molar-refractivity contribution is 6.54. The standard InChI is InChI=1S/C19H16ClN3O3/c1-2-23-15-6-4-3-5-13(15)17(19(23)24)22-21-11-12-9-14(20)18-16(10-12)25-7-8-26-18/h3-6,9-11H,2,7-8H2,1H3/b21-11-,22-17+. The highest BCUT2D eigenvalue weighted by atomic mass is 35.5. The first kappa shape index (κ1) is 16.6. The van der Waals surface area contributed by atoms with Crippen LogP contribution < -0.4 is 14.4 Å². The van der Waals surface area contributed by atoms with Crippen LogP contribution in [0.5, 0.6) is 11.5 Å². The number of benzene rings is 2. The lowest BCUT2D eigenvalue weighted by atomic mass is 10.1. The molecule has 0 atom stereocenters. The van der Waals surface area contributed by atoms with Crippen LogP contribution in [0.3, 0.4) is 0 Å². The molecule has 26 heavy (non-hydrogen) atoms. The van der Waals surface area contributed by atoms with Crippen LogP contribution in [0.15, 0.2) is 46.6 Å². The summed E-state index contributed by atoms with van der Waals surface area (Å²) in [4.78, 5) is 14.2. The van der Waals surface area contributed by atoms with Crippen LogP contribution in [-0.4, -0.2) is 37.6 Å². The third-order valence-corrected chi connectivity index (χ3v) is 4.48. The molecule has 132 valence electrons. The predicted molar refractivity (Wildman–Crippen MR) is 101 cm³/mol. The van der Waals surface area contributed by atoms with Gasteiger partial charge in [0, 0.05) is 17.7 Å². The SMILES string of the molecule is CCN1C(=O)/C(=N/N=C\c2cc(Cl)c3c(c2)OCCO3)c2ccccc21. The highest BCUT2D eigenvalue weighted by Crippen LogP contribution is 2.38. The van der Waals surface area contributed by atoms with Gasteiger partial charge in [0.2, 0.25) is 0 Å². The van der Waals surface area contributed by atoms with Crippen LogP contribution in [0.4, 0.5) is 5.69 Å². The van der Waals surface area contributed by atoms with Gasteiger partial charge in [0.25, 0.3) is 5.91 Å². The molecule has 2 aliphatic heterocycles. The molecule has 2 aliphatic rings. The van der Waals surface area contributed by atoms with Crippen molar-refractivity contribution >= 4 is 35.1 Å². The second kappa shape index (κ2) is 6.80. The fourth-order valence-corrected chi connectivity index (χ4v) is 3.30. The van der Waals surface area contributed by atoms with E-state index in [4.69, 9.17) is 21.1 Å². The Morgan fingerprint density at radius 3 is 2.88 bits per heavy atom. The van der Waals surface area contributed by atoms with E-state index < -0.39 is 0 Å². The van der Waals surface area contributed by atoms with Crippen LogP contribution in [0, 0.1) is 0 Å². The first-order chi connectivity index (χ1) is 12.7. The Morgan fingerprint density at radius 2 is 2.04 bits per heavy atom. The molecule has 0 saturated heterocycles. The Balaban J connectivity index is 1.64. The maximum absolute atomic E-state index is 12.5. The van der Waals surface area contributed by atoms with Crippen molar-refractivity contribution in [3.05, 3.63) is 52.5 Å². The van der Waals surface area contributed by atoms with Crippen LogP contribution in [0.25, 0.3) is 0 Å². The lowest BCUT2D eigenvalue weighted by Crippen LogP contribution is -2.29. The van der Waals surface area contributed by atoms with Gasteiger partial charge in [-0.1, -0.05) is 29.8 Å². The number of nitrogens with zero attached hydrogens (tertiary/aromatic N) is 3. The summed E-state index contributed by atoms with van der Waals surface area (Å²) in [6.07, 6.45) is 1.54. The molecular formula is C19H16ClN3O3. The molecule has 2 aromatic carbocycles. The average Bonchev–Trinajstić information content (AvgIpc) is 2.93. The van der Waals surface area contributed by atoms with E-state index >= 15 is 0 Å². The van der Waals surface area contributed by atoms with E-state index in [1.54, 1.807) is 23.2 Å². The summed E-state index contributed by atoms with van der Waals surface area (Å²) in [6.45, 7) is 3.46. The lowest BCUT2D eigenvalue weighted by molar-refractivity contribution is -0.112. The van der Waals surface area contributed by atoms with E-state index in [-0.39, 0.29) is 5.91 Å². The molecule has 0 bridgehead atoms. The number of amides is 1. The molecule has 4 rings (SSSR count). The maximum Gasteiger partial charge on any atom is 0.279 e. The van der Waals surface area contributed by atoms with Gasteiger partial charge in [0.15, 0.2) is 17.2 Å². The summed E-state index contributed by atoms with van der Waals surface area (Å²) >= 11 is 6.22. The van der Waals surface area contributed by atoms with Crippen LogP contribution in [0.2, 0.25) is 5.02 Å². The van der Waals surface area contributed by atoms with Crippen molar-refractivity contribution in [3.8, 4) is 11.5 Å². The van der Waals surface area contributed by atoms with Gasteiger partial charge in [-0.2, -0.15) is 5.10 Å². The number of likely N-dealkylation sites (N-methyl/N-ethyl adjacent to an activating group) is 1. The predicted octanol–water partition coefficient (Wildman–Crippen LogP) is 3.30. The molecule has 0 aromatic heterocycles. The molecular weight excluding hydrogens is 354 g/mol. The third-order valence-electron chi connectivity index (χ3n) is 4.20. The van der Waals surface area contributed by atoms with Crippen LogP contribution in [0.1, 0.15) is 18.1 Å². The molecule has 0 fully saturated rings. The molecule has 0 aliphatic carbocycles. The summed E-state index contributed by atoms with van der Waals surface area (Å²) in [6, 6.07) is 11.1. The smallest absolute Gasteiger partial charge is 0.279 e. The lowest BCUT2D eigenvalue weighted by Gasteiger charge is -2.19. The number of carbonyl (C=O) groups is 1. The van der Waals surface area contributed by atoms with E-state index in [9.17, 15) is 4.79 Å². The highest BCUT2D eigenvalue weighted by Gasteiger charge is 2.32. The molecule has 0 unspecified atom stereocenters. The van der Waals surface area contributed by atoms with E-state index in [0.717, 1.165) is 16.8 Å². The fraction of sp³-hybridized carbons (Fsp3) is 0.211. The van der Waals surface area contributed by atoms with Crippen molar-refractivity contribution < 1.29 is 14.3 Å². The Morgan fingerprint density at radius 1 is 1.23 bits per heavy atom. The summed E-state index contributed by atoms with van der Waals surface area (Å²) in [5.74, 6) is 0.975. The molecule has 6 nitrogen and oxygen atoms in total. The molecule has 2 heterocycles. The Bertz CT molecular complexity index is 940. The van der Waals surface area contributed by atoms with Crippen molar-refractivity contribution in [1.82, 2.24) is 0 Å². The molecule has 7 heteroatoms. The summed E-state index contributed by atoms with van der Waals surface area (Å²) < 4.78 is 11.0. The van der Waals surface area contributed by atoms with Gasteiger partial charge in [-0.3, -0.25) is 4.79 Å². The molecule has 0 spiro atoms. The van der Waals surface area contributed by atoms with E-state index in [1.807, 2.05) is 31.2 Å². The Kier molecular flexibility index (Phi) is 4.34. The quantitative estimate of drug-likeness (QED) is 0.616. The zero-order valence-corrected chi connectivity index (χ0v) is 14.9. The van der Waals surface area contributed by atoms with E-state index in [1.165, 1.54) is 0 Å². The summed E-state index contributed by atoms with van der Waals surface area (Å²) in [7, 11) is 0. The minimum Gasteiger partial charge on any atom is -0.486 e. The number of ether oxygens (including phenoxy) is 2. The number of hydrogen-bond acceptors (Lipinski definition) is 5. The van der Waals surface area contributed by atoms with E-state index in [0.29, 0.717) is 42.0 Å². The summed E-state index contributed by atoms with van der Waals surface area (Å²) in [5, 5.41) is 8.71. The number of carbonyl (C=O) groups excluding carboxylic acids is 1. The van der Waals surface area contributed by atoms with Gasteiger partial charge in [-0.15, -0.1) is 5.10 Å². The molecule has 0 N–H and O–H groups in total. The van der Waals surface area contributed by atoms with Gasteiger partial charge < -0.3 is 14.4 Å². The fourth-order valence-electron chi connectivity index (χ4n) is 3.03.